The van der Waals surface area contributed by atoms with Crippen molar-refractivity contribution in [3.05, 3.63) is 58.1 Å². The Morgan fingerprint density at radius 3 is 2.34 bits per heavy atom. The van der Waals surface area contributed by atoms with Gasteiger partial charge in [0.25, 0.3) is 5.91 Å². The summed E-state index contributed by atoms with van der Waals surface area (Å²) in [5.41, 5.74) is 0.357. The number of thiazole rings is 1. The third-order valence-corrected chi connectivity index (χ3v) is 7.86. The van der Waals surface area contributed by atoms with Gasteiger partial charge >= 0.3 is 5.97 Å². The van der Waals surface area contributed by atoms with Crippen LogP contribution in [0.4, 0.5) is 0 Å². The zero-order chi connectivity index (χ0) is 28.6. The molecule has 1 aliphatic rings. The van der Waals surface area contributed by atoms with Crippen LogP contribution >= 0.6 is 11.3 Å². The standard InChI is InChI=1S/C31H44N2O4S/c1-19(2)17-31(28(35)37-30(8,9)10)18-22(20(3)4)25(26-32-14-15-38-26)33(31)27(34)21-12-13-23(29(5,6)7)24(16-21)36-11/h12-16,19,22,25H,3,17-18H2,1-2,4-11H3/t22-,25+,31-/m0/s1. The van der Waals surface area contributed by atoms with E-state index < -0.39 is 17.2 Å². The summed E-state index contributed by atoms with van der Waals surface area (Å²) in [6.45, 7) is 22.3. The summed E-state index contributed by atoms with van der Waals surface area (Å²) in [5.74, 6) is 0.0231. The molecule has 1 fully saturated rings. The van der Waals surface area contributed by atoms with E-state index in [0.717, 1.165) is 16.1 Å². The Hall–Kier alpha value is -2.67. The zero-order valence-electron chi connectivity index (χ0n) is 24.7. The largest absolute Gasteiger partial charge is 0.496 e. The Labute approximate surface area is 232 Å². The lowest BCUT2D eigenvalue weighted by molar-refractivity contribution is -0.168. The Balaban J connectivity index is 2.28. The second-order valence-electron chi connectivity index (χ2n) is 12.9. The minimum absolute atomic E-state index is 0.136. The fourth-order valence-electron chi connectivity index (χ4n) is 5.53. The first-order chi connectivity index (χ1) is 17.5. The van der Waals surface area contributed by atoms with Gasteiger partial charge in [0, 0.05) is 23.1 Å². The van der Waals surface area contributed by atoms with E-state index in [1.54, 1.807) is 24.3 Å². The highest BCUT2D eigenvalue weighted by molar-refractivity contribution is 7.09. The second-order valence-corrected chi connectivity index (χ2v) is 13.9. The first kappa shape index (κ1) is 29.9. The van der Waals surface area contributed by atoms with Crippen LogP contribution in [-0.2, 0) is 14.9 Å². The summed E-state index contributed by atoms with van der Waals surface area (Å²) in [5, 5.41) is 2.70. The fraction of sp³-hybridized carbons (Fsp3) is 0.581. The highest BCUT2D eigenvalue weighted by Gasteiger charge is 2.60. The van der Waals surface area contributed by atoms with Gasteiger partial charge in [0.1, 0.15) is 21.9 Å². The number of hydrogen-bond acceptors (Lipinski definition) is 6. The SMILES string of the molecule is C=C(C)[C@@H]1C[C@@](CC(C)C)(C(=O)OC(C)(C)C)N(C(=O)c2ccc(C(C)(C)C)c(OC)c2)[C@H]1c1nccs1. The fourth-order valence-corrected chi connectivity index (χ4v) is 6.32. The lowest BCUT2D eigenvalue weighted by atomic mass is 9.81. The van der Waals surface area contributed by atoms with E-state index in [9.17, 15) is 9.59 Å². The van der Waals surface area contributed by atoms with Crippen LogP contribution in [-0.4, -0.2) is 40.0 Å². The molecule has 1 aromatic carbocycles. The molecule has 0 N–H and O–H groups in total. The zero-order valence-corrected chi connectivity index (χ0v) is 25.5. The molecule has 0 saturated carbocycles. The molecule has 2 aromatic rings. The first-order valence-electron chi connectivity index (χ1n) is 13.3. The van der Waals surface area contributed by atoms with Crippen LogP contribution in [0.2, 0.25) is 0 Å². The molecule has 1 saturated heterocycles. The van der Waals surface area contributed by atoms with Gasteiger partial charge in [0.15, 0.2) is 0 Å². The maximum Gasteiger partial charge on any atom is 0.332 e. The van der Waals surface area contributed by atoms with Gasteiger partial charge in [-0.05, 0) is 69.6 Å². The van der Waals surface area contributed by atoms with E-state index in [0.29, 0.717) is 24.2 Å². The van der Waals surface area contributed by atoms with Crippen molar-refractivity contribution in [1.29, 1.82) is 0 Å². The molecule has 38 heavy (non-hydrogen) atoms. The van der Waals surface area contributed by atoms with Crippen LogP contribution < -0.4 is 4.74 Å². The summed E-state index contributed by atoms with van der Waals surface area (Å²) in [4.78, 5) is 35.2. The molecule has 3 atom stereocenters. The number of carbonyl (C=O) groups is 2. The number of amides is 1. The highest BCUT2D eigenvalue weighted by atomic mass is 32.1. The van der Waals surface area contributed by atoms with Crippen LogP contribution in [0.25, 0.3) is 0 Å². The van der Waals surface area contributed by atoms with Gasteiger partial charge in [0.05, 0.1) is 13.2 Å². The number of carbonyl (C=O) groups excluding carboxylic acids is 2. The molecule has 2 heterocycles. The number of benzene rings is 1. The number of methoxy groups -OCH3 is 1. The van der Waals surface area contributed by atoms with Crippen molar-refractivity contribution in [3.63, 3.8) is 0 Å². The van der Waals surface area contributed by atoms with Crippen molar-refractivity contribution in [2.75, 3.05) is 7.11 Å². The van der Waals surface area contributed by atoms with Gasteiger partial charge in [-0.15, -0.1) is 11.3 Å². The maximum atomic E-state index is 14.6. The maximum absolute atomic E-state index is 14.6. The molecule has 0 spiro atoms. The molecule has 0 unspecified atom stereocenters. The Morgan fingerprint density at radius 1 is 1.21 bits per heavy atom. The number of esters is 1. The number of rotatable bonds is 7. The third-order valence-electron chi connectivity index (χ3n) is 7.02. The highest BCUT2D eigenvalue weighted by Crippen LogP contribution is 2.53. The average Bonchev–Trinajstić information content (AvgIpc) is 3.42. The van der Waals surface area contributed by atoms with Gasteiger partial charge < -0.3 is 14.4 Å². The molecule has 208 valence electrons. The Bertz CT molecular complexity index is 1170. The topological polar surface area (TPSA) is 68.7 Å². The van der Waals surface area contributed by atoms with E-state index >= 15 is 0 Å². The number of likely N-dealkylation sites (tertiary alicyclic amines) is 1. The molecule has 1 amide bonds. The van der Waals surface area contributed by atoms with Crippen molar-refractivity contribution in [2.45, 2.75) is 97.8 Å². The third kappa shape index (κ3) is 5.98. The van der Waals surface area contributed by atoms with Crippen molar-refractivity contribution in [2.24, 2.45) is 11.8 Å². The van der Waals surface area contributed by atoms with Crippen molar-refractivity contribution in [3.8, 4) is 5.75 Å². The van der Waals surface area contributed by atoms with Gasteiger partial charge in [-0.25, -0.2) is 9.78 Å². The van der Waals surface area contributed by atoms with E-state index in [4.69, 9.17) is 9.47 Å². The molecule has 0 radical (unpaired) electrons. The quantitative estimate of drug-likeness (QED) is 0.271. The van der Waals surface area contributed by atoms with Gasteiger partial charge in [0.2, 0.25) is 0 Å². The average molecular weight is 541 g/mol. The lowest BCUT2D eigenvalue weighted by Gasteiger charge is -2.41. The number of nitrogens with zero attached hydrogens (tertiary/aromatic N) is 2. The Kier molecular flexibility index (Phi) is 8.52. The van der Waals surface area contributed by atoms with Crippen molar-refractivity contribution in [1.82, 2.24) is 9.88 Å². The minimum Gasteiger partial charge on any atom is -0.496 e. The number of aromatic nitrogens is 1. The van der Waals surface area contributed by atoms with E-state index in [-0.39, 0.29) is 29.1 Å². The second kappa shape index (κ2) is 10.8. The van der Waals surface area contributed by atoms with Crippen LogP contribution in [0.3, 0.4) is 0 Å². The summed E-state index contributed by atoms with van der Waals surface area (Å²) < 4.78 is 11.8. The summed E-state index contributed by atoms with van der Waals surface area (Å²) >= 11 is 1.49. The molecule has 1 aliphatic heterocycles. The molecule has 7 heteroatoms. The molecule has 1 aromatic heterocycles. The van der Waals surface area contributed by atoms with Crippen molar-refractivity contribution >= 4 is 23.2 Å². The van der Waals surface area contributed by atoms with Crippen molar-refractivity contribution < 1.29 is 19.1 Å². The molecular formula is C31H44N2O4S. The minimum atomic E-state index is -1.17. The molecule has 0 bridgehead atoms. The summed E-state index contributed by atoms with van der Waals surface area (Å²) in [6.07, 6.45) is 2.65. The van der Waals surface area contributed by atoms with Crippen LogP contribution in [0.5, 0.6) is 5.75 Å². The van der Waals surface area contributed by atoms with Gasteiger partial charge in [-0.3, -0.25) is 4.79 Å². The van der Waals surface area contributed by atoms with E-state index in [2.05, 4.69) is 46.2 Å². The van der Waals surface area contributed by atoms with Crippen LogP contribution in [0.15, 0.2) is 41.9 Å². The number of hydrogen-bond donors (Lipinski definition) is 0. The van der Waals surface area contributed by atoms with E-state index in [1.165, 1.54) is 11.3 Å². The van der Waals surface area contributed by atoms with Gasteiger partial charge in [-0.1, -0.05) is 52.8 Å². The normalized spacial score (nSPS) is 22.0. The van der Waals surface area contributed by atoms with E-state index in [1.807, 2.05) is 45.2 Å². The smallest absolute Gasteiger partial charge is 0.332 e. The van der Waals surface area contributed by atoms with Gasteiger partial charge in [-0.2, -0.15) is 0 Å². The van der Waals surface area contributed by atoms with Crippen LogP contribution in [0, 0.1) is 11.8 Å². The first-order valence-corrected chi connectivity index (χ1v) is 14.2. The molecule has 0 aliphatic carbocycles. The molecule has 6 nitrogen and oxygen atoms in total. The molecular weight excluding hydrogens is 496 g/mol. The predicted octanol–water partition coefficient (Wildman–Crippen LogP) is 7.36. The summed E-state index contributed by atoms with van der Waals surface area (Å²) in [7, 11) is 1.62. The van der Waals surface area contributed by atoms with Crippen LogP contribution in [0.1, 0.15) is 102 Å². The predicted molar refractivity (Wildman–Crippen MR) is 154 cm³/mol. The monoisotopic (exact) mass is 540 g/mol. The number of ether oxygens (including phenoxy) is 2. The summed E-state index contributed by atoms with van der Waals surface area (Å²) in [6, 6.07) is 5.16. The Morgan fingerprint density at radius 2 is 1.87 bits per heavy atom. The molecule has 3 rings (SSSR count). The lowest BCUT2D eigenvalue weighted by Crippen LogP contribution is -2.56.